The van der Waals surface area contributed by atoms with Gasteiger partial charge in [-0.1, -0.05) is 18.2 Å². The number of allylic oxidation sites excluding steroid dienone is 4. The van der Waals surface area contributed by atoms with Crippen LogP contribution in [0.1, 0.15) is 13.3 Å². The van der Waals surface area contributed by atoms with E-state index in [4.69, 9.17) is 0 Å². The summed E-state index contributed by atoms with van der Waals surface area (Å²) < 4.78 is 4.32. The second kappa shape index (κ2) is 6.34. The molecule has 0 saturated heterocycles. The quantitative estimate of drug-likeness (QED) is 0.274. The number of methoxy groups -OCH3 is 1. The highest BCUT2D eigenvalue weighted by Crippen LogP contribution is 1.89. The van der Waals surface area contributed by atoms with Gasteiger partial charge in [-0.25, -0.2) is 0 Å². The third-order valence-electron chi connectivity index (χ3n) is 1.13. The fourth-order valence-corrected chi connectivity index (χ4v) is 0.547. The Kier molecular flexibility index (Phi) is 5.61. The molecule has 0 aliphatic heterocycles. The lowest BCUT2D eigenvalue weighted by Gasteiger charge is -1.92. The third-order valence-corrected chi connectivity index (χ3v) is 1.13. The van der Waals surface area contributed by atoms with Gasteiger partial charge in [0.25, 0.3) is 0 Å². The Morgan fingerprint density at radius 3 is 2.50 bits per heavy atom. The van der Waals surface area contributed by atoms with Crippen LogP contribution in [-0.2, 0) is 14.3 Å². The van der Waals surface area contributed by atoms with E-state index in [0.29, 0.717) is 0 Å². The molecule has 0 radical (unpaired) electrons. The molecule has 3 heteroatoms. The maximum absolute atomic E-state index is 10.9. The predicted molar refractivity (Wildman–Crippen MR) is 45.6 cm³/mol. The molecule has 0 aliphatic rings. The maximum atomic E-state index is 10.9. The molecule has 0 saturated carbocycles. The van der Waals surface area contributed by atoms with Crippen LogP contribution in [0.3, 0.4) is 0 Å². The zero-order valence-corrected chi connectivity index (χ0v) is 7.24. The van der Waals surface area contributed by atoms with Crippen LogP contribution < -0.4 is 0 Å². The monoisotopic (exact) mass is 168 g/mol. The Bertz CT molecular complexity index is 214. The van der Waals surface area contributed by atoms with E-state index < -0.39 is 5.97 Å². The Labute approximate surface area is 71.7 Å². The van der Waals surface area contributed by atoms with E-state index in [1.807, 2.05) is 6.92 Å². The molecule has 0 fully saturated rings. The largest absolute Gasteiger partial charge is 0.469 e. The van der Waals surface area contributed by atoms with E-state index in [0.717, 1.165) is 0 Å². The molecule has 12 heavy (non-hydrogen) atoms. The Balaban J connectivity index is 3.81. The van der Waals surface area contributed by atoms with E-state index in [2.05, 4.69) is 4.74 Å². The van der Waals surface area contributed by atoms with Crippen LogP contribution >= 0.6 is 0 Å². The van der Waals surface area contributed by atoms with E-state index in [-0.39, 0.29) is 12.2 Å². The molecule has 66 valence electrons. The molecule has 0 N–H and O–H groups in total. The molecule has 0 rings (SSSR count). The fraction of sp³-hybridized carbons (Fsp3) is 0.333. The maximum Gasteiger partial charge on any atom is 0.313 e. The van der Waals surface area contributed by atoms with E-state index >= 15 is 0 Å². The van der Waals surface area contributed by atoms with Crippen LogP contribution in [0.15, 0.2) is 24.3 Å². The van der Waals surface area contributed by atoms with Crippen LogP contribution in [-0.4, -0.2) is 18.9 Å². The highest BCUT2D eigenvalue weighted by Gasteiger charge is 2.04. The highest BCUT2D eigenvalue weighted by atomic mass is 16.5. The molecule has 0 aromatic heterocycles. The average Bonchev–Trinajstić information content (AvgIpc) is 2.05. The Morgan fingerprint density at radius 2 is 2.00 bits per heavy atom. The number of ether oxygens (including phenoxy) is 1. The lowest BCUT2D eigenvalue weighted by molar-refractivity contribution is -0.142. The van der Waals surface area contributed by atoms with Crippen LogP contribution in [0.2, 0.25) is 0 Å². The van der Waals surface area contributed by atoms with Crippen molar-refractivity contribution in [3.8, 4) is 0 Å². The molecule has 3 nitrogen and oxygen atoms in total. The lowest BCUT2D eigenvalue weighted by Crippen LogP contribution is -2.06. The SMILES string of the molecule is C/C=C/C=C/C(=O)CC(=O)OC. The van der Waals surface area contributed by atoms with Gasteiger partial charge in [0.15, 0.2) is 5.78 Å². The summed E-state index contributed by atoms with van der Waals surface area (Å²) in [5, 5.41) is 0. The van der Waals surface area contributed by atoms with Crippen molar-refractivity contribution in [2.45, 2.75) is 13.3 Å². The van der Waals surface area contributed by atoms with Gasteiger partial charge >= 0.3 is 5.97 Å². The predicted octanol–water partition coefficient (Wildman–Crippen LogP) is 1.25. The summed E-state index contributed by atoms with van der Waals surface area (Å²) in [4.78, 5) is 21.4. The number of carbonyl (C=O) groups is 2. The third kappa shape index (κ3) is 5.41. The molecule has 0 amide bonds. The summed E-state index contributed by atoms with van der Waals surface area (Å²) in [5.41, 5.74) is 0. The standard InChI is InChI=1S/C9H12O3/c1-3-4-5-6-8(10)7-9(11)12-2/h3-6H,7H2,1-2H3/b4-3+,6-5+. The second-order valence-electron chi connectivity index (χ2n) is 2.10. The molecule has 0 aromatic carbocycles. The summed E-state index contributed by atoms with van der Waals surface area (Å²) >= 11 is 0. The Hall–Kier alpha value is -1.38. The van der Waals surface area contributed by atoms with Crippen molar-refractivity contribution < 1.29 is 14.3 Å². The molecule has 0 spiro atoms. The average molecular weight is 168 g/mol. The molecule has 0 heterocycles. The van der Waals surface area contributed by atoms with E-state index in [9.17, 15) is 9.59 Å². The van der Waals surface area contributed by atoms with Gasteiger partial charge < -0.3 is 4.74 Å². The number of hydrogen-bond acceptors (Lipinski definition) is 3. The van der Waals surface area contributed by atoms with Gasteiger partial charge in [0.05, 0.1) is 7.11 Å². The van der Waals surface area contributed by atoms with Gasteiger partial charge in [-0.3, -0.25) is 9.59 Å². The van der Waals surface area contributed by atoms with Gasteiger partial charge in [0.1, 0.15) is 6.42 Å². The minimum atomic E-state index is -0.509. The summed E-state index contributed by atoms with van der Waals surface area (Å²) in [6.07, 6.45) is 6.25. The van der Waals surface area contributed by atoms with Crippen LogP contribution in [0.4, 0.5) is 0 Å². The summed E-state index contributed by atoms with van der Waals surface area (Å²) in [6, 6.07) is 0. The summed E-state index contributed by atoms with van der Waals surface area (Å²) in [7, 11) is 1.26. The van der Waals surface area contributed by atoms with Gasteiger partial charge in [-0.2, -0.15) is 0 Å². The van der Waals surface area contributed by atoms with Crippen molar-refractivity contribution >= 4 is 11.8 Å². The first-order chi connectivity index (χ1) is 5.70. The van der Waals surface area contributed by atoms with Gasteiger partial charge in [-0.05, 0) is 13.0 Å². The minimum absolute atomic E-state index is 0.190. The first-order valence-corrected chi connectivity index (χ1v) is 3.59. The first-order valence-electron chi connectivity index (χ1n) is 3.59. The lowest BCUT2D eigenvalue weighted by atomic mass is 10.2. The zero-order valence-electron chi connectivity index (χ0n) is 7.24. The molecule has 0 aliphatic carbocycles. The van der Waals surface area contributed by atoms with Gasteiger partial charge in [0, 0.05) is 0 Å². The molecule has 0 atom stereocenters. The molecular weight excluding hydrogens is 156 g/mol. The van der Waals surface area contributed by atoms with Crippen LogP contribution in [0.25, 0.3) is 0 Å². The summed E-state index contributed by atoms with van der Waals surface area (Å²) in [6.45, 7) is 1.84. The number of rotatable bonds is 4. The number of esters is 1. The van der Waals surface area contributed by atoms with Crippen molar-refractivity contribution in [3.63, 3.8) is 0 Å². The van der Waals surface area contributed by atoms with Crippen LogP contribution in [0, 0.1) is 0 Å². The van der Waals surface area contributed by atoms with E-state index in [1.54, 1.807) is 18.2 Å². The van der Waals surface area contributed by atoms with E-state index in [1.165, 1.54) is 13.2 Å². The molecule has 0 aromatic rings. The smallest absolute Gasteiger partial charge is 0.313 e. The van der Waals surface area contributed by atoms with Crippen molar-refractivity contribution in [2.24, 2.45) is 0 Å². The van der Waals surface area contributed by atoms with Crippen molar-refractivity contribution in [1.29, 1.82) is 0 Å². The zero-order chi connectivity index (χ0) is 9.40. The Morgan fingerprint density at radius 1 is 1.33 bits per heavy atom. The van der Waals surface area contributed by atoms with Crippen molar-refractivity contribution in [1.82, 2.24) is 0 Å². The number of ketones is 1. The molecule has 0 unspecified atom stereocenters. The van der Waals surface area contributed by atoms with Crippen molar-refractivity contribution in [3.05, 3.63) is 24.3 Å². The summed E-state index contributed by atoms with van der Waals surface area (Å²) in [5.74, 6) is -0.759. The van der Waals surface area contributed by atoms with Crippen molar-refractivity contribution in [2.75, 3.05) is 7.11 Å². The van der Waals surface area contributed by atoms with Gasteiger partial charge in [-0.15, -0.1) is 0 Å². The number of hydrogen-bond donors (Lipinski definition) is 0. The second-order valence-corrected chi connectivity index (χ2v) is 2.10. The normalized spacial score (nSPS) is 10.8. The van der Waals surface area contributed by atoms with Gasteiger partial charge in [0.2, 0.25) is 0 Å². The topological polar surface area (TPSA) is 43.4 Å². The highest BCUT2D eigenvalue weighted by molar-refractivity contribution is 6.01. The minimum Gasteiger partial charge on any atom is -0.469 e. The first kappa shape index (κ1) is 10.6. The fourth-order valence-electron chi connectivity index (χ4n) is 0.547. The number of carbonyl (C=O) groups excluding carboxylic acids is 2. The molecule has 0 bridgehead atoms. The molecular formula is C9H12O3. The van der Waals surface area contributed by atoms with Crippen LogP contribution in [0.5, 0.6) is 0 Å².